The van der Waals surface area contributed by atoms with Crippen molar-refractivity contribution in [3.63, 3.8) is 0 Å². The van der Waals surface area contributed by atoms with Crippen LogP contribution in [0.15, 0.2) is 18.2 Å². The summed E-state index contributed by atoms with van der Waals surface area (Å²) in [5.41, 5.74) is 0.212. The Labute approximate surface area is 160 Å². The third-order valence-corrected chi connectivity index (χ3v) is 4.19. The Balaban J connectivity index is 0.00000288. The van der Waals surface area contributed by atoms with Crippen molar-refractivity contribution in [2.75, 3.05) is 26.2 Å². The van der Waals surface area contributed by atoms with E-state index in [4.69, 9.17) is 11.6 Å². The minimum absolute atomic E-state index is 0. The van der Waals surface area contributed by atoms with E-state index in [9.17, 15) is 23.3 Å². The van der Waals surface area contributed by atoms with Gasteiger partial charge in [-0.1, -0.05) is 11.6 Å². The predicted octanol–water partition coefficient (Wildman–Crippen LogP) is 4.38. The maximum absolute atomic E-state index is 12.6. The Morgan fingerprint density at radius 3 is 2.40 bits per heavy atom. The first kappa shape index (κ1) is 24.2. The van der Waals surface area contributed by atoms with Gasteiger partial charge in [-0.25, -0.2) is 0 Å². The second kappa shape index (κ2) is 10.4. The van der Waals surface area contributed by atoms with E-state index in [-0.39, 0.29) is 41.9 Å². The predicted molar refractivity (Wildman–Crippen MR) is 95.1 cm³/mol. The fourth-order valence-corrected chi connectivity index (χ4v) is 2.97. The Morgan fingerprint density at radius 1 is 1.28 bits per heavy atom. The van der Waals surface area contributed by atoms with Gasteiger partial charge in [-0.05, 0) is 18.1 Å². The van der Waals surface area contributed by atoms with Gasteiger partial charge in [0.2, 0.25) is 0 Å². The molecule has 1 aromatic carbocycles. The smallest absolute Gasteiger partial charge is 0.314 e. The quantitative estimate of drug-likeness (QED) is 0.563. The van der Waals surface area contributed by atoms with E-state index in [1.165, 1.54) is 18.2 Å². The summed E-state index contributed by atoms with van der Waals surface area (Å²) in [7, 11) is 0. The van der Waals surface area contributed by atoms with Gasteiger partial charge in [-0.2, -0.15) is 13.2 Å². The number of nitro groups is 1. The van der Waals surface area contributed by atoms with Gasteiger partial charge in [0, 0.05) is 55.8 Å². The van der Waals surface area contributed by atoms with Crippen LogP contribution in [0.2, 0.25) is 5.02 Å². The van der Waals surface area contributed by atoms with E-state index in [0.717, 1.165) is 0 Å². The van der Waals surface area contributed by atoms with Gasteiger partial charge in [0.25, 0.3) is 5.69 Å². The average Bonchev–Trinajstić information content (AvgIpc) is 2.49. The second-order valence-electron chi connectivity index (χ2n) is 5.42. The molecular weight excluding hydrogens is 406 g/mol. The number of alkyl halides is 3. The molecule has 5 nitrogen and oxygen atoms in total. The van der Waals surface area contributed by atoms with Crippen LogP contribution in [0.5, 0.6) is 0 Å². The van der Waals surface area contributed by atoms with Crippen LogP contribution in [-0.4, -0.2) is 42.2 Å². The summed E-state index contributed by atoms with van der Waals surface area (Å²) in [5.74, 6) is 0. The molecule has 1 saturated heterocycles. The number of piperazine rings is 1. The summed E-state index contributed by atoms with van der Waals surface area (Å²) < 4.78 is 37.9. The highest BCUT2D eigenvalue weighted by Crippen LogP contribution is 2.36. The minimum Gasteiger partial charge on any atom is -0.314 e. The molecule has 1 N–H and O–H groups in total. The maximum atomic E-state index is 12.6. The Bertz CT molecular complexity index is 570. The number of nitrogens with one attached hydrogen (secondary N) is 1. The highest BCUT2D eigenvalue weighted by atomic mass is 35.5. The van der Waals surface area contributed by atoms with Crippen LogP contribution in [0.3, 0.4) is 0 Å². The number of hydrogen-bond acceptors (Lipinski definition) is 4. The molecule has 1 atom stereocenters. The summed E-state index contributed by atoms with van der Waals surface area (Å²) in [4.78, 5) is 12.3. The molecular formula is C14H19Cl3F3N3O2. The van der Waals surface area contributed by atoms with Crippen molar-refractivity contribution in [3.05, 3.63) is 38.9 Å². The lowest BCUT2D eigenvalue weighted by molar-refractivity contribution is -0.385. The van der Waals surface area contributed by atoms with Gasteiger partial charge in [-0.3, -0.25) is 15.0 Å². The molecule has 144 valence electrons. The fourth-order valence-electron chi connectivity index (χ4n) is 2.73. The zero-order valence-corrected chi connectivity index (χ0v) is 15.5. The molecule has 25 heavy (non-hydrogen) atoms. The molecule has 1 heterocycles. The standard InChI is InChI=1S/C14H17ClF3N3O2.2ClH/c15-12-2-1-10(21(22)23)9-11(12)13(3-4-14(16,17)18)20-7-5-19-6-8-20;;/h1-2,9,13,19H,3-8H2;2*1H/t13-;;/m1../s1. The lowest BCUT2D eigenvalue weighted by Gasteiger charge is -2.35. The molecule has 0 aromatic heterocycles. The summed E-state index contributed by atoms with van der Waals surface area (Å²) in [6, 6.07) is 3.32. The Hall–Kier alpha value is -0.800. The largest absolute Gasteiger partial charge is 0.389 e. The lowest BCUT2D eigenvalue weighted by atomic mass is 9.98. The van der Waals surface area contributed by atoms with Gasteiger partial charge in [0.15, 0.2) is 0 Å². The third-order valence-electron chi connectivity index (χ3n) is 3.84. The summed E-state index contributed by atoms with van der Waals surface area (Å²) in [6.07, 6.45) is -5.41. The maximum Gasteiger partial charge on any atom is 0.389 e. The molecule has 0 aliphatic carbocycles. The molecule has 0 unspecified atom stereocenters. The van der Waals surface area contributed by atoms with Crippen molar-refractivity contribution >= 4 is 42.1 Å². The van der Waals surface area contributed by atoms with Crippen LogP contribution in [0.4, 0.5) is 18.9 Å². The third kappa shape index (κ3) is 7.15. The molecule has 2 rings (SSSR count). The molecule has 1 aliphatic heterocycles. The van der Waals surface area contributed by atoms with E-state index in [1.807, 2.05) is 4.90 Å². The first-order valence-electron chi connectivity index (χ1n) is 7.23. The normalized spacial score (nSPS) is 16.5. The van der Waals surface area contributed by atoms with Crippen molar-refractivity contribution in [1.82, 2.24) is 10.2 Å². The van der Waals surface area contributed by atoms with Crippen LogP contribution < -0.4 is 5.32 Å². The Morgan fingerprint density at radius 2 is 1.88 bits per heavy atom. The van der Waals surface area contributed by atoms with E-state index in [0.29, 0.717) is 31.7 Å². The fraction of sp³-hybridized carbons (Fsp3) is 0.571. The second-order valence-corrected chi connectivity index (χ2v) is 5.83. The van der Waals surface area contributed by atoms with E-state index in [1.54, 1.807) is 0 Å². The SMILES string of the molecule is Cl.Cl.O=[N+]([O-])c1ccc(Cl)c([C@@H](CCC(F)(F)F)N2CCNCC2)c1. The van der Waals surface area contributed by atoms with Crippen LogP contribution in [-0.2, 0) is 0 Å². The van der Waals surface area contributed by atoms with Crippen LogP contribution in [0, 0.1) is 10.1 Å². The molecule has 0 amide bonds. The summed E-state index contributed by atoms with van der Waals surface area (Å²) in [5, 5.41) is 14.3. The molecule has 1 fully saturated rings. The van der Waals surface area contributed by atoms with Crippen LogP contribution in [0.25, 0.3) is 0 Å². The minimum atomic E-state index is -4.28. The number of halogens is 6. The van der Waals surface area contributed by atoms with Crippen LogP contribution >= 0.6 is 36.4 Å². The first-order chi connectivity index (χ1) is 10.8. The topological polar surface area (TPSA) is 58.4 Å². The van der Waals surface area contributed by atoms with Gasteiger partial charge >= 0.3 is 6.18 Å². The number of non-ortho nitro benzene ring substituents is 1. The van der Waals surface area contributed by atoms with Crippen molar-refractivity contribution in [2.24, 2.45) is 0 Å². The number of nitro benzene ring substituents is 1. The average molecular weight is 425 g/mol. The lowest BCUT2D eigenvalue weighted by Crippen LogP contribution is -2.45. The van der Waals surface area contributed by atoms with E-state index in [2.05, 4.69) is 5.32 Å². The van der Waals surface area contributed by atoms with Gasteiger partial charge in [0.05, 0.1) is 4.92 Å². The van der Waals surface area contributed by atoms with Crippen molar-refractivity contribution in [3.8, 4) is 0 Å². The van der Waals surface area contributed by atoms with E-state index >= 15 is 0 Å². The monoisotopic (exact) mass is 423 g/mol. The van der Waals surface area contributed by atoms with Gasteiger partial charge in [0.1, 0.15) is 0 Å². The zero-order chi connectivity index (χ0) is 17.0. The zero-order valence-electron chi connectivity index (χ0n) is 13.1. The first-order valence-corrected chi connectivity index (χ1v) is 7.61. The molecule has 1 aromatic rings. The molecule has 0 spiro atoms. The van der Waals surface area contributed by atoms with Crippen molar-refractivity contribution < 1.29 is 18.1 Å². The van der Waals surface area contributed by atoms with Gasteiger partial charge in [-0.15, -0.1) is 24.8 Å². The number of nitrogens with zero attached hydrogens (tertiary/aromatic N) is 2. The van der Waals surface area contributed by atoms with Gasteiger partial charge < -0.3 is 5.32 Å². The van der Waals surface area contributed by atoms with Crippen molar-refractivity contribution in [1.29, 1.82) is 0 Å². The molecule has 0 saturated carbocycles. The molecule has 0 bridgehead atoms. The summed E-state index contributed by atoms with van der Waals surface area (Å²) >= 11 is 6.12. The highest BCUT2D eigenvalue weighted by molar-refractivity contribution is 6.31. The number of hydrogen-bond donors (Lipinski definition) is 1. The number of rotatable bonds is 5. The molecule has 1 aliphatic rings. The van der Waals surface area contributed by atoms with Crippen LogP contribution in [0.1, 0.15) is 24.4 Å². The number of benzene rings is 1. The highest BCUT2D eigenvalue weighted by Gasteiger charge is 2.32. The molecule has 0 radical (unpaired) electrons. The Kier molecular flexibility index (Phi) is 10.0. The van der Waals surface area contributed by atoms with Crippen molar-refractivity contribution in [2.45, 2.75) is 25.1 Å². The molecule has 11 heteroatoms. The van der Waals surface area contributed by atoms with E-state index < -0.39 is 23.6 Å². The summed E-state index contributed by atoms with van der Waals surface area (Å²) in [6.45, 7) is 2.47.